The van der Waals surface area contributed by atoms with Crippen LogP contribution in [0, 0.1) is 0 Å². The monoisotopic (exact) mass is 347 g/mol. The lowest BCUT2D eigenvalue weighted by Gasteiger charge is -2.34. The summed E-state index contributed by atoms with van der Waals surface area (Å²) in [6.07, 6.45) is 4.22. The summed E-state index contributed by atoms with van der Waals surface area (Å²) >= 11 is 0. The molecular weight excluding hydrogens is 326 g/mol. The zero-order chi connectivity index (χ0) is 17.5. The maximum absolute atomic E-state index is 12.8. The van der Waals surface area contributed by atoms with E-state index in [0.29, 0.717) is 24.6 Å². The van der Waals surface area contributed by atoms with Gasteiger partial charge in [-0.3, -0.25) is 14.9 Å². The second kappa shape index (κ2) is 6.12. The highest BCUT2D eigenvalue weighted by Gasteiger charge is 2.28. The number of aromatic nitrogens is 3. The van der Waals surface area contributed by atoms with Crippen molar-refractivity contribution in [2.24, 2.45) is 0 Å². The molecule has 6 nitrogen and oxygen atoms in total. The SMILES string of the molecule is O=C(c1cnc2ccccc2c1)N1CCN(c2cc(C3CC3)[nH]n2)CC1. The first kappa shape index (κ1) is 15.4. The Hall–Kier alpha value is -2.89. The van der Waals surface area contributed by atoms with Crippen molar-refractivity contribution >= 4 is 22.6 Å². The van der Waals surface area contributed by atoms with Crippen LogP contribution in [0.4, 0.5) is 5.82 Å². The van der Waals surface area contributed by atoms with E-state index in [4.69, 9.17) is 0 Å². The van der Waals surface area contributed by atoms with Gasteiger partial charge in [0.05, 0.1) is 11.1 Å². The number of nitrogens with zero attached hydrogens (tertiary/aromatic N) is 4. The molecule has 1 saturated carbocycles. The molecule has 0 atom stereocenters. The van der Waals surface area contributed by atoms with Crippen molar-refractivity contribution in [3.8, 4) is 0 Å². The summed E-state index contributed by atoms with van der Waals surface area (Å²) in [5.41, 5.74) is 2.83. The molecule has 1 amide bonds. The largest absolute Gasteiger partial charge is 0.352 e. The lowest BCUT2D eigenvalue weighted by Crippen LogP contribution is -2.49. The van der Waals surface area contributed by atoms with Gasteiger partial charge in [-0.2, -0.15) is 5.10 Å². The Morgan fingerprint density at radius 2 is 1.88 bits per heavy atom. The maximum Gasteiger partial charge on any atom is 0.255 e. The third kappa shape index (κ3) is 2.81. The summed E-state index contributed by atoms with van der Waals surface area (Å²) in [7, 11) is 0. The Bertz CT molecular complexity index is 953. The molecule has 2 aliphatic rings. The maximum atomic E-state index is 12.8. The van der Waals surface area contributed by atoms with E-state index in [1.165, 1.54) is 18.5 Å². The van der Waals surface area contributed by atoms with E-state index >= 15 is 0 Å². The number of carbonyl (C=O) groups is 1. The minimum atomic E-state index is 0.0589. The van der Waals surface area contributed by atoms with Gasteiger partial charge in [-0.15, -0.1) is 0 Å². The molecule has 0 bridgehead atoms. The molecule has 0 radical (unpaired) electrons. The van der Waals surface area contributed by atoms with Gasteiger partial charge in [-0.05, 0) is 25.0 Å². The van der Waals surface area contributed by atoms with Crippen LogP contribution >= 0.6 is 0 Å². The molecule has 26 heavy (non-hydrogen) atoms. The van der Waals surface area contributed by atoms with E-state index in [9.17, 15) is 4.79 Å². The molecule has 2 fully saturated rings. The normalized spacial score (nSPS) is 17.7. The standard InChI is InChI=1S/C20H21N5O/c26-20(16-11-15-3-1-2-4-17(15)21-13-16)25-9-7-24(8-10-25)19-12-18(22-23-19)14-5-6-14/h1-4,11-14H,5-10H2,(H,22,23). The van der Waals surface area contributed by atoms with E-state index in [-0.39, 0.29) is 5.91 Å². The molecule has 1 aromatic carbocycles. The number of hydrogen-bond donors (Lipinski definition) is 1. The summed E-state index contributed by atoms with van der Waals surface area (Å²) < 4.78 is 0. The molecule has 1 aliphatic heterocycles. The van der Waals surface area contributed by atoms with Gasteiger partial charge in [-0.1, -0.05) is 18.2 Å². The van der Waals surface area contributed by atoms with Crippen molar-refractivity contribution in [1.29, 1.82) is 0 Å². The van der Waals surface area contributed by atoms with Gasteiger partial charge < -0.3 is 9.80 Å². The van der Waals surface area contributed by atoms with Gasteiger partial charge in [0.2, 0.25) is 0 Å². The molecule has 3 aromatic rings. The number of hydrogen-bond acceptors (Lipinski definition) is 4. The summed E-state index contributed by atoms with van der Waals surface area (Å²) in [5.74, 6) is 1.74. The molecule has 0 spiro atoms. The Labute approximate surface area is 151 Å². The highest BCUT2D eigenvalue weighted by Crippen LogP contribution is 2.39. The zero-order valence-electron chi connectivity index (χ0n) is 14.6. The smallest absolute Gasteiger partial charge is 0.255 e. The molecule has 1 N–H and O–H groups in total. The van der Waals surface area contributed by atoms with E-state index in [1.54, 1.807) is 6.20 Å². The fourth-order valence-electron chi connectivity index (χ4n) is 3.60. The predicted octanol–water partition coefficient (Wildman–Crippen LogP) is 2.80. The van der Waals surface area contributed by atoms with Gasteiger partial charge in [0.25, 0.3) is 5.91 Å². The zero-order valence-corrected chi connectivity index (χ0v) is 14.6. The van der Waals surface area contributed by atoms with Crippen LogP contribution in [-0.4, -0.2) is 52.2 Å². The van der Waals surface area contributed by atoms with Gasteiger partial charge in [0.1, 0.15) is 0 Å². The van der Waals surface area contributed by atoms with Crippen molar-refractivity contribution in [2.45, 2.75) is 18.8 Å². The van der Waals surface area contributed by atoms with Gasteiger partial charge >= 0.3 is 0 Å². The number of benzene rings is 1. The van der Waals surface area contributed by atoms with Crippen LogP contribution in [0.25, 0.3) is 10.9 Å². The van der Waals surface area contributed by atoms with Crippen molar-refractivity contribution in [3.63, 3.8) is 0 Å². The number of pyridine rings is 1. The second-order valence-electron chi connectivity index (χ2n) is 7.15. The van der Waals surface area contributed by atoms with E-state index in [2.05, 4.69) is 26.1 Å². The van der Waals surface area contributed by atoms with Crippen LogP contribution in [0.1, 0.15) is 34.8 Å². The number of aromatic amines is 1. The number of carbonyl (C=O) groups excluding carboxylic acids is 1. The first-order valence-electron chi connectivity index (χ1n) is 9.22. The molecule has 1 aliphatic carbocycles. The first-order chi connectivity index (χ1) is 12.8. The second-order valence-corrected chi connectivity index (χ2v) is 7.15. The van der Waals surface area contributed by atoms with E-state index in [0.717, 1.165) is 29.8 Å². The molecule has 0 unspecified atom stereocenters. The number of para-hydroxylation sites is 1. The fraction of sp³-hybridized carbons (Fsp3) is 0.350. The fourth-order valence-corrected chi connectivity index (χ4v) is 3.60. The van der Waals surface area contributed by atoms with Crippen LogP contribution in [0.15, 0.2) is 42.6 Å². The van der Waals surface area contributed by atoms with E-state index in [1.807, 2.05) is 35.2 Å². The average Bonchev–Trinajstić information content (AvgIpc) is 3.44. The predicted molar refractivity (Wildman–Crippen MR) is 100 cm³/mol. The van der Waals surface area contributed by atoms with Crippen molar-refractivity contribution in [3.05, 3.63) is 53.9 Å². The minimum absolute atomic E-state index is 0.0589. The Morgan fingerprint density at radius 1 is 1.08 bits per heavy atom. The number of piperazine rings is 1. The van der Waals surface area contributed by atoms with Crippen LogP contribution in [0.5, 0.6) is 0 Å². The summed E-state index contributed by atoms with van der Waals surface area (Å²) in [5, 5.41) is 8.61. The highest BCUT2D eigenvalue weighted by atomic mass is 16.2. The number of nitrogens with one attached hydrogen (secondary N) is 1. The lowest BCUT2D eigenvalue weighted by atomic mass is 10.1. The van der Waals surface area contributed by atoms with E-state index < -0.39 is 0 Å². The van der Waals surface area contributed by atoms with Crippen molar-refractivity contribution in [1.82, 2.24) is 20.1 Å². The summed E-state index contributed by atoms with van der Waals surface area (Å²) in [6, 6.07) is 12.0. The lowest BCUT2D eigenvalue weighted by molar-refractivity contribution is 0.0746. The molecule has 3 heterocycles. The van der Waals surface area contributed by atoms with Gasteiger partial charge in [-0.25, -0.2) is 0 Å². The van der Waals surface area contributed by atoms with Crippen LogP contribution < -0.4 is 4.90 Å². The first-order valence-corrected chi connectivity index (χ1v) is 9.22. The topological polar surface area (TPSA) is 65.1 Å². The molecule has 5 rings (SSSR count). The Kier molecular flexibility index (Phi) is 3.62. The quantitative estimate of drug-likeness (QED) is 0.791. The number of fused-ring (bicyclic) bond motifs is 1. The molecule has 6 heteroatoms. The average molecular weight is 347 g/mol. The molecule has 1 saturated heterocycles. The minimum Gasteiger partial charge on any atom is -0.352 e. The Balaban J connectivity index is 1.27. The number of rotatable bonds is 3. The van der Waals surface area contributed by atoms with Crippen LogP contribution in [0.3, 0.4) is 0 Å². The Morgan fingerprint density at radius 3 is 2.69 bits per heavy atom. The number of amides is 1. The number of H-pyrrole nitrogens is 1. The molecule has 2 aromatic heterocycles. The van der Waals surface area contributed by atoms with Gasteiger partial charge in [0.15, 0.2) is 5.82 Å². The van der Waals surface area contributed by atoms with Crippen molar-refractivity contribution < 1.29 is 4.79 Å². The van der Waals surface area contributed by atoms with Crippen LogP contribution in [-0.2, 0) is 0 Å². The van der Waals surface area contributed by atoms with Gasteiger partial charge in [0, 0.05) is 55.4 Å². The van der Waals surface area contributed by atoms with Crippen LogP contribution in [0.2, 0.25) is 0 Å². The summed E-state index contributed by atoms with van der Waals surface area (Å²) in [6.45, 7) is 3.03. The summed E-state index contributed by atoms with van der Waals surface area (Å²) in [4.78, 5) is 21.4. The third-order valence-electron chi connectivity index (χ3n) is 5.33. The highest BCUT2D eigenvalue weighted by molar-refractivity contribution is 5.97. The van der Waals surface area contributed by atoms with Crippen molar-refractivity contribution in [2.75, 3.05) is 31.1 Å². The third-order valence-corrected chi connectivity index (χ3v) is 5.33. The molecular formula is C20H21N5O. The molecule has 132 valence electrons. The number of anilines is 1.